The summed E-state index contributed by atoms with van der Waals surface area (Å²) in [5.74, 6) is 8.14. The first-order valence-corrected chi connectivity index (χ1v) is 12.3. The lowest BCUT2D eigenvalue weighted by atomic mass is 9.92. The third-order valence-corrected chi connectivity index (χ3v) is 6.46. The Bertz CT molecular complexity index is 1060. The molecule has 0 atom stereocenters. The van der Waals surface area contributed by atoms with Gasteiger partial charge in [-0.1, -0.05) is 55.5 Å². The largest absolute Gasteiger partial charge is 0.492 e. The Morgan fingerprint density at radius 2 is 1.67 bits per heavy atom. The second kappa shape index (κ2) is 11.9. The summed E-state index contributed by atoms with van der Waals surface area (Å²) in [4.78, 5) is 7.00. The van der Waals surface area contributed by atoms with E-state index in [1.54, 1.807) is 0 Å². The smallest absolute Gasteiger partial charge is 0.119 e. The predicted molar refractivity (Wildman–Crippen MR) is 137 cm³/mol. The van der Waals surface area contributed by atoms with Gasteiger partial charge in [0.1, 0.15) is 18.1 Å². The van der Waals surface area contributed by atoms with E-state index in [2.05, 4.69) is 28.6 Å². The van der Waals surface area contributed by atoms with Crippen molar-refractivity contribution in [2.24, 2.45) is 5.92 Å². The standard InChI is InChI=1S/C29H31ClN2O/c1-2-3-23-16-18-32(19-17-23)20-21-33-29-14-5-24(6-15-29)4-12-28-13-9-26(22-31-28)25-7-10-27(30)11-8-25/h5-11,13-15,22-23H,2-3,16-21H2,1H3. The van der Waals surface area contributed by atoms with Crippen LogP contribution in [0, 0.1) is 17.8 Å². The zero-order valence-electron chi connectivity index (χ0n) is 19.3. The van der Waals surface area contributed by atoms with Crippen LogP contribution in [0.15, 0.2) is 66.9 Å². The normalized spacial score (nSPS) is 14.5. The molecule has 1 aliphatic rings. The van der Waals surface area contributed by atoms with Crippen molar-refractivity contribution in [1.82, 2.24) is 9.88 Å². The molecule has 0 spiro atoms. The molecule has 4 rings (SSSR count). The summed E-state index contributed by atoms with van der Waals surface area (Å²) in [5, 5.41) is 0.730. The van der Waals surface area contributed by atoms with Crippen LogP contribution < -0.4 is 4.74 Å². The second-order valence-corrected chi connectivity index (χ2v) is 9.07. The Balaban J connectivity index is 1.24. The maximum Gasteiger partial charge on any atom is 0.119 e. The minimum atomic E-state index is 0.730. The fraction of sp³-hybridized carbons (Fsp3) is 0.345. The SMILES string of the molecule is CCCC1CCN(CCOc2ccc(C#Cc3ccc(-c4ccc(Cl)cc4)cn3)cc2)CC1. The van der Waals surface area contributed by atoms with Crippen LogP contribution >= 0.6 is 11.6 Å². The molecular formula is C29H31ClN2O. The second-order valence-electron chi connectivity index (χ2n) is 8.64. The van der Waals surface area contributed by atoms with Crippen LogP contribution in [-0.2, 0) is 0 Å². The monoisotopic (exact) mass is 458 g/mol. The highest BCUT2D eigenvalue weighted by Gasteiger charge is 2.17. The molecule has 170 valence electrons. The van der Waals surface area contributed by atoms with Crippen LogP contribution in [0.3, 0.4) is 0 Å². The lowest BCUT2D eigenvalue weighted by molar-refractivity contribution is 0.151. The van der Waals surface area contributed by atoms with Gasteiger partial charge in [0, 0.05) is 28.9 Å². The van der Waals surface area contributed by atoms with Gasteiger partial charge in [0.25, 0.3) is 0 Å². The molecule has 0 saturated carbocycles. The summed E-state index contributed by atoms with van der Waals surface area (Å²) in [7, 11) is 0. The number of likely N-dealkylation sites (tertiary alicyclic amines) is 1. The molecule has 0 N–H and O–H groups in total. The number of hydrogen-bond acceptors (Lipinski definition) is 3. The maximum atomic E-state index is 5.96. The van der Waals surface area contributed by atoms with Crippen molar-refractivity contribution in [3.8, 4) is 28.7 Å². The number of piperidine rings is 1. The highest BCUT2D eigenvalue weighted by Crippen LogP contribution is 2.22. The molecule has 0 radical (unpaired) electrons. The Morgan fingerprint density at radius 1 is 0.939 bits per heavy atom. The summed E-state index contributed by atoms with van der Waals surface area (Å²) < 4.78 is 5.95. The first-order chi connectivity index (χ1) is 16.2. The highest BCUT2D eigenvalue weighted by atomic mass is 35.5. The van der Waals surface area contributed by atoms with Crippen LogP contribution in [-0.4, -0.2) is 36.1 Å². The van der Waals surface area contributed by atoms with Crippen LogP contribution in [0.4, 0.5) is 0 Å². The van der Waals surface area contributed by atoms with Crippen molar-refractivity contribution >= 4 is 11.6 Å². The van der Waals surface area contributed by atoms with Gasteiger partial charge in [-0.25, -0.2) is 4.98 Å². The molecular weight excluding hydrogens is 428 g/mol. The average Bonchev–Trinajstić information content (AvgIpc) is 2.86. The molecule has 0 aliphatic carbocycles. The molecule has 1 saturated heterocycles. The van der Waals surface area contributed by atoms with Crippen molar-refractivity contribution in [2.75, 3.05) is 26.2 Å². The summed E-state index contributed by atoms with van der Waals surface area (Å²) in [6.45, 7) is 6.42. The van der Waals surface area contributed by atoms with E-state index >= 15 is 0 Å². The Hall–Kier alpha value is -2.80. The zero-order valence-corrected chi connectivity index (χ0v) is 20.0. The van der Waals surface area contributed by atoms with E-state index in [9.17, 15) is 0 Å². The van der Waals surface area contributed by atoms with E-state index in [1.165, 1.54) is 38.8 Å². The number of halogens is 1. The topological polar surface area (TPSA) is 25.4 Å². The van der Waals surface area contributed by atoms with Gasteiger partial charge >= 0.3 is 0 Å². The number of ether oxygens (including phenoxy) is 1. The minimum Gasteiger partial charge on any atom is -0.492 e. The van der Waals surface area contributed by atoms with Crippen LogP contribution in [0.2, 0.25) is 5.02 Å². The van der Waals surface area contributed by atoms with Gasteiger partial charge in [0.15, 0.2) is 0 Å². The van der Waals surface area contributed by atoms with Gasteiger partial charge in [0.05, 0.1) is 0 Å². The van der Waals surface area contributed by atoms with Gasteiger partial charge in [-0.2, -0.15) is 0 Å². The molecule has 1 aromatic heterocycles. The quantitative estimate of drug-likeness (QED) is 0.368. The van der Waals surface area contributed by atoms with E-state index in [0.29, 0.717) is 0 Å². The number of pyridine rings is 1. The summed E-state index contributed by atoms with van der Waals surface area (Å²) in [6.07, 6.45) is 7.20. The molecule has 2 heterocycles. The molecule has 3 nitrogen and oxygen atoms in total. The molecule has 2 aromatic carbocycles. The number of benzene rings is 2. The van der Waals surface area contributed by atoms with Gasteiger partial charge in [-0.3, -0.25) is 4.90 Å². The molecule has 3 aromatic rings. The van der Waals surface area contributed by atoms with Gasteiger partial charge in [0.2, 0.25) is 0 Å². The first kappa shape index (κ1) is 23.4. The molecule has 1 aliphatic heterocycles. The van der Waals surface area contributed by atoms with E-state index < -0.39 is 0 Å². The van der Waals surface area contributed by atoms with E-state index in [0.717, 1.165) is 52.2 Å². The minimum absolute atomic E-state index is 0.730. The summed E-state index contributed by atoms with van der Waals surface area (Å²) in [6, 6.07) is 19.7. The number of hydrogen-bond donors (Lipinski definition) is 0. The van der Waals surface area contributed by atoms with Crippen molar-refractivity contribution in [3.05, 3.63) is 83.1 Å². The van der Waals surface area contributed by atoms with Gasteiger partial charge < -0.3 is 4.74 Å². The Labute approximate surface area is 202 Å². The van der Waals surface area contributed by atoms with Crippen LogP contribution in [0.1, 0.15) is 43.9 Å². The Morgan fingerprint density at radius 3 is 2.33 bits per heavy atom. The Kier molecular flexibility index (Phi) is 8.41. The average molecular weight is 459 g/mol. The van der Waals surface area contributed by atoms with Crippen molar-refractivity contribution < 1.29 is 4.74 Å². The third-order valence-electron chi connectivity index (χ3n) is 6.21. The lowest BCUT2D eigenvalue weighted by Gasteiger charge is -2.31. The van der Waals surface area contributed by atoms with E-state index in [4.69, 9.17) is 16.3 Å². The molecule has 0 unspecified atom stereocenters. The van der Waals surface area contributed by atoms with Crippen LogP contribution in [0.25, 0.3) is 11.1 Å². The fourth-order valence-corrected chi connectivity index (χ4v) is 4.38. The van der Waals surface area contributed by atoms with Crippen LogP contribution in [0.5, 0.6) is 5.75 Å². The molecule has 0 amide bonds. The zero-order chi connectivity index (χ0) is 22.9. The highest BCUT2D eigenvalue weighted by molar-refractivity contribution is 6.30. The molecule has 1 fully saturated rings. The summed E-state index contributed by atoms with van der Waals surface area (Å²) in [5.41, 5.74) is 3.83. The van der Waals surface area contributed by atoms with E-state index in [-0.39, 0.29) is 0 Å². The van der Waals surface area contributed by atoms with Crippen molar-refractivity contribution in [2.45, 2.75) is 32.6 Å². The number of aromatic nitrogens is 1. The lowest BCUT2D eigenvalue weighted by Crippen LogP contribution is -2.36. The molecule has 33 heavy (non-hydrogen) atoms. The summed E-state index contributed by atoms with van der Waals surface area (Å²) >= 11 is 5.96. The van der Waals surface area contributed by atoms with E-state index in [1.807, 2.05) is 66.9 Å². The number of rotatable bonds is 7. The third kappa shape index (κ3) is 7.09. The maximum absolute atomic E-state index is 5.96. The predicted octanol–water partition coefficient (Wildman–Crippen LogP) is 6.69. The van der Waals surface area contributed by atoms with Crippen molar-refractivity contribution in [1.29, 1.82) is 0 Å². The van der Waals surface area contributed by atoms with Gasteiger partial charge in [-0.05, 0) is 85.8 Å². The first-order valence-electron chi connectivity index (χ1n) is 11.9. The molecule has 0 bridgehead atoms. The van der Waals surface area contributed by atoms with Crippen molar-refractivity contribution in [3.63, 3.8) is 0 Å². The molecule has 4 heteroatoms. The van der Waals surface area contributed by atoms with Gasteiger partial charge in [-0.15, -0.1) is 0 Å². The number of nitrogens with zero attached hydrogens (tertiary/aromatic N) is 2. The fourth-order valence-electron chi connectivity index (χ4n) is 4.25.